The van der Waals surface area contributed by atoms with Crippen LogP contribution in [0.15, 0.2) is 78.9 Å². The van der Waals surface area contributed by atoms with Gasteiger partial charge in [0.1, 0.15) is 11.8 Å². The van der Waals surface area contributed by atoms with Crippen LogP contribution in [0, 0.1) is 12.8 Å². The molecule has 1 aliphatic rings. The normalized spacial score (nSPS) is 15.4. The summed E-state index contributed by atoms with van der Waals surface area (Å²) in [6.07, 6.45) is 1.39. The molecule has 1 fully saturated rings. The van der Waals surface area contributed by atoms with Crippen LogP contribution >= 0.6 is 0 Å². The van der Waals surface area contributed by atoms with Gasteiger partial charge >= 0.3 is 0 Å². The number of benzene rings is 3. The Bertz CT molecular complexity index is 1110. The molecule has 2 amide bonds. The molecule has 1 heterocycles. The second kappa shape index (κ2) is 11.0. The number of rotatable bonds is 7. The summed E-state index contributed by atoms with van der Waals surface area (Å²) < 4.78 is 5.45. The van der Waals surface area contributed by atoms with Crippen LogP contribution in [-0.2, 0) is 9.59 Å². The van der Waals surface area contributed by atoms with E-state index < -0.39 is 6.04 Å². The van der Waals surface area contributed by atoms with E-state index in [1.165, 1.54) is 0 Å². The van der Waals surface area contributed by atoms with Gasteiger partial charge in [0.15, 0.2) is 0 Å². The molecule has 6 heteroatoms. The van der Waals surface area contributed by atoms with Crippen molar-refractivity contribution in [1.29, 1.82) is 0 Å². The summed E-state index contributed by atoms with van der Waals surface area (Å²) in [5, 5.41) is 6.09. The van der Waals surface area contributed by atoms with Crippen molar-refractivity contribution in [2.45, 2.75) is 25.8 Å². The molecule has 34 heavy (non-hydrogen) atoms. The fraction of sp³-hybridized carbons (Fsp3) is 0.286. The number of carbonyl (C=O) groups is 2. The van der Waals surface area contributed by atoms with Gasteiger partial charge in [0.2, 0.25) is 11.8 Å². The summed E-state index contributed by atoms with van der Waals surface area (Å²) >= 11 is 0. The quantitative estimate of drug-likeness (QED) is 0.522. The molecule has 0 unspecified atom stereocenters. The van der Waals surface area contributed by atoms with E-state index in [2.05, 4.69) is 15.5 Å². The second-order valence-corrected chi connectivity index (χ2v) is 8.67. The van der Waals surface area contributed by atoms with Crippen LogP contribution in [0.3, 0.4) is 0 Å². The molecule has 0 spiro atoms. The average Bonchev–Trinajstić information content (AvgIpc) is 2.86. The number of aryl methyl sites for hydroxylation is 1. The van der Waals surface area contributed by atoms with E-state index in [0.717, 1.165) is 16.8 Å². The number of nitrogens with zero attached hydrogens (tertiary/aromatic N) is 1. The topological polar surface area (TPSA) is 70.7 Å². The van der Waals surface area contributed by atoms with Crippen molar-refractivity contribution in [3.05, 3.63) is 90.0 Å². The lowest BCUT2D eigenvalue weighted by molar-refractivity contribution is -0.124. The van der Waals surface area contributed by atoms with Crippen LogP contribution in [0.5, 0.6) is 5.75 Å². The molecule has 0 aromatic heterocycles. The highest BCUT2D eigenvalue weighted by atomic mass is 16.5. The van der Waals surface area contributed by atoms with Crippen molar-refractivity contribution in [2.24, 2.45) is 5.92 Å². The lowest BCUT2D eigenvalue weighted by Gasteiger charge is -2.36. The van der Waals surface area contributed by atoms with Gasteiger partial charge in [-0.25, -0.2) is 0 Å². The summed E-state index contributed by atoms with van der Waals surface area (Å²) in [5.41, 5.74) is 3.44. The fourth-order valence-corrected chi connectivity index (χ4v) is 4.47. The zero-order valence-corrected chi connectivity index (χ0v) is 19.7. The van der Waals surface area contributed by atoms with Gasteiger partial charge in [-0.05, 0) is 68.2 Å². The highest BCUT2D eigenvalue weighted by Crippen LogP contribution is 2.31. The number of hydrogen-bond acceptors (Lipinski definition) is 4. The lowest BCUT2D eigenvalue weighted by atomic mass is 9.93. The zero-order chi connectivity index (χ0) is 23.9. The van der Waals surface area contributed by atoms with Gasteiger partial charge in [-0.1, -0.05) is 54.6 Å². The summed E-state index contributed by atoms with van der Waals surface area (Å²) in [6.45, 7) is 3.30. The van der Waals surface area contributed by atoms with E-state index in [0.29, 0.717) is 37.4 Å². The van der Waals surface area contributed by atoms with Crippen molar-refractivity contribution >= 4 is 23.2 Å². The van der Waals surface area contributed by atoms with E-state index in [1.54, 1.807) is 7.11 Å². The van der Waals surface area contributed by atoms with Crippen molar-refractivity contribution in [3.8, 4) is 5.75 Å². The average molecular weight is 458 g/mol. The minimum atomic E-state index is -0.454. The SMILES string of the molecule is COc1ccc(C)cc1NC(=O)[C@@H](c1ccccc1)N1CCC(C(=O)Nc2ccccc2)CC1. The van der Waals surface area contributed by atoms with E-state index in [9.17, 15) is 9.59 Å². The molecule has 0 saturated carbocycles. The molecule has 176 valence electrons. The van der Waals surface area contributed by atoms with Crippen LogP contribution in [0.25, 0.3) is 0 Å². The second-order valence-electron chi connectivity index (χ2n) is 8.67. The number of para-hydroxylation sites is 1. The van der Waals surface area contributed by atoms with Crippen LogP contribution in [0.1, 0.15) is 30.0 Å². The maximum atomic E-state index is 13.6. The maximum absolute atomic E-state index is 13.6. The number of amides is 2. The molecule has 3 aromatic carbocycles. The van der Waals surface area contributed by atoms with E-state index in [-0.39, 0.29) is 17.7 Å². The first-order chi connectivity index (χ1) is 16.5. The molecular formula is C28H31N3O3. The fourth-order valence-electron chi connectivity index (χ4n) is 4.47. The molecule has 4 rings (SSSR count). The van der Waals surface area contributed by atoms with Gasteiger partial charge in [-0.3, -0.25) is 14.5 Å². The molecule has 0 radical (unpaired) electrons. The molecule has 1 aliphatic heterocycles. The van der Waals surface area contributed by atoms with Gasteiger partial charge in [-0.15, -0.1) is 0 Å². The Kier molecular flexibility index (Phi) is 7.60. The number of piperidine rings is 1. The lowest BCUT2D eigenvalue weighted by Crippen LogP contribution is -2.44. The standard InChI is InChI=1S/C28H31N3O3/c1-20-13-14-25(34-2)24(19-20)30-28(33)26(21-9-5-3-6-10-21)31-17-15-22(16-18-31)27(32)29-23-11-7-4-8-12-23/h3-14,19,22,26H,15-18H2,1-2H3,(H,29,32)(H,30,33)/t26-/m1/s1. The third-order valence-corrected chi connectivity index (χ3v) is 6.28. The Labute approximate surface area is 200 Å². The predicted molar refractivity (Wildman–Crippen MR) is 135 cm³/mol. The van der Waals surface area contributed by atoms with Gasteiger partial charge in [0, 0.05) is 11.6 Å². The minimum Gasteiger partial charge on any atom is -0.495 e. The maximum Gasteiger partial charge on any atom is 0.246 e. The molecule has 1 saturated heterocycles. The number of nitrogens with one attached hydrogen (secondary N) is 2. The number of likely N-dealkylation sites (tertiary alicyclic amines) is 1. The first-order valence-electron chi connectivity index (χ1n) is 11.7. The van der Waals surface area contributed by atoms with Crippen LogP contribution in [0.4, 0.5) is 11.4 Å². The van der Waals surface area contributed by atoms with E-state index in [1.807, 2.05) is 85.8 Å². The number of hydrogen-bond donors (Lipinski definition) is 2. The Morgan fingerprint density at radius 3 is 2.21 bits per heavy atom. The van der Waals surface area contributed by atoms with Crippen LogP contribution in [0.2, 0.25) is 0 Å². The highest BCUT2D eigenvalue weighted by Gasteiger charge is 2.33. The van der Waals surface area contributed by atoms with Gasteiger partial charge in [0.25, 0.3) is 0 Å². The monoisotopic (exact) mass is 457 g/mol. The zero-order valence-electron chi connectivity index (χ0n) is 19.7. The molecule has 0 aliphatic carbocycles. The van der Waals surface area contributed by atoms with Gasteiger partial charge in [0.05, 0.1) is 12.8 Å². The number of anilines is 2. The van der Waals surface area contributed by atoms with Gasteiger partial charge < -0.3 is 15.4 Å². The van der Waals surface area contributed by atoms with Crippen molar-refractivity contribution in [2.75, 3.05) is 30.8 Å². The first kappa shape index (κ1) is 23.5. The Morgan fingerprint density at radius 1 is 0.912 bits per heavy atom. The molecule has 1 atom stereocenters. The molecular weight excluding hydrogens is 426 g/mol. The Morgan fingerprint density at radius 2 is 1.56 bits per heavy atom. The molecule has 0 bridgehead atoms. The van der Waals surface area contributed by atoms with E-state index in [4.69, 9.17) is 4.74 Å². The summed E-state index contributed by atoms with van der Waals surface area (Å²) in [7, 11) is 1.60. The largest absolute Gasteiger partial charge is 0.495 e. The van der Waals surface area contributed by atoms with Crippen LogP contribution < -0.4 is 15.4 Å². The minimum absolute atomic E-state index is 0.0380. The Balaban J connectivity index is 1.48. The Hall–Kier alpha value is -3.64. The van der Waals surface area contributed by atoms with Gasteiger partial charge in [-0.2, -0.15) is 0 Å². The third kappa shape index (κ3) is 5.64. The van der Waals surface area contributed by atoms with Crippen LogP contribution in [-0.4, -0.2) is 36.9 Å². The van der Waals surface area contributed by atoms with Crippen molar-refractivity contribution in [3.63, 3.8) is 0 Å². The first-order valence-corrected chi connectivity index (χ1v) is 11.7. The smallest absolute Gasteiger partial charge is 0.246 e. The molecule has 2 N–H and O–H groups in total. The summed E-state index contributed by atoms with van der Waals surface area (Å²) in [4.78, 5) is 28.5. The van der Waals surface area contributed by atoms with Crippen molar-refractivity contribution in [1.82, 2.24) is 4.90 Å². The van der Waals surface area contributed by atoms with Crippen molar-refractivity contribution < 1.29 is 14.3 Å². The predicted octanol–water partition coefficient (Wildman–Crippen LogP) is 5.03. The summed E-state index contributed by atoms with van der Waals surface area (Å²) in [5.74, 6) is 0.480. The summed E-state index contributed by atoms with van der Waals surface area (Å²) in [6, 6.07) is 24.6. The number of carbonyl (C=O) groups excluding carboxylic acids is 2. The van der Waals surface area contributed by atoms with E-state index >= 15 is 0 Å². The third-order valence-electron chi connectivity index (χ3n) is 6.28. The molecule has 3 aromatic rings. The number of ether oxygens (including phenoxy) is 1. The highest BCUT2D eigenvalue weighted by molar-refractivity contribution is 5.97. The molecule has 6 nitrogen and oxygen atoms in total. The number of methoxy groups -OCH3 is 1.